The number of aromatic carboxylic acids is 1. The van der Waals surface area contributed by atoms with Gasteiger partial charge in [0.1, 0.15) is 5.82 Å². The van der Waals surface area contributed by atoms with Gasteiger partial charge in [-0.3, -0.25) is 4.68 Å². The zero-order valence-electron chi connectivity index (χ0n) is 16.5. The first-order valence-corrected chi connectivity index (χ1v) is 9.96. The first-order valence-electron chi connectivity index (χ1n) is 9.96. The fraction of sp³-hybridized carbons (Fsp3) is 0.632. The van der Waals surface area contributed by atoms with Gasteiger partial charge < -0.3 is 14.9 Å². The Morgan fingerprint density at radius 3 is 2.82 bits per heavy atom. The standard InChI is InChI=1S/C19H27N7O2/c1-24(2)19-20-15-8-4-3-7-14(15)17(21-19)25-9-5-6-13(10-25)11-26-12-16(18(27)28)22-23-26/h12-13H,3-11H2,1-2H3,(H,27,28)/t13-/m0/s1. The maximum atomic E-state index is 11.0. The molecule has 0 saturated carbocycles. The van der Waals surface area contributed by atoms with Gasteiger partial charge in [0, 0.05) is 39.3 Å². The molecule has 1 saturated heterocycles. The number of carboxylic acid groups (broad SMARTS) is 1. The summed E-state index contributed by atoms with van der Waals surface area (Å²) in [6.07, 6.45) is 8.15. The Labute approximate surface area is 164 Å². The van der Waals surface area contributed by atoms with Crippen LogP contribution in [-0.4, -0.2) is 63.2 Å². The Bertz CT molecular complexity index is 864. The van der Waals surface area contributed by atoms with Gasteiger partial charge in [-0.1, -0.05) is 5.21 Å². The largest absolute Gasteiger partial charge is 0.476 e. The van der Waals surface area contributed by atoms with E-state index in [4.69, 9.17) is 15.1 Å². The fourth-order valence-electron chi connectivity index (χ4n) is 4.18. The number of hydrogen-bond donors (Lipinski definition) is 1. The lowest BCUT2D eigenvalue weighted by atomic mass is 9.94. The maximum Gasteiger partial charge on any atom is 0.358 e. The number of aryl methyl sites for hydroxylation is 1. The van der Waals surface area contributed by atoms with E-state index in [1.807, 2.05) is 19.0 Å². The first-order chi connectivity index (χ1) is 13.5. The van der Waals surface area contributed by atoms with Crippen LogP contribution < -0.4 is 9.80 Å². The van der Waals surface area contributed by atoms with E-state index in [2.05, 4.69) is 15.2 Å². The second-order valence-corrected chi connectivity index (χ2v) is 7.96. The highest BCUT2D eigenvalue weighted by molar-refractivity contribution is 5.84. The Morgan fingerprint density at radius 1 is 1.25 bits per heavy atom. The smallest absolute Gasteiger partial charge is 0.358 e. The molecule has 150 valence electrons. The second kappa shape index (κ2) is 7.73. The summed E-state index contributed by atoms with van der Waals surface area (Å²) >= 11 is 0. The van der Waals surface area contributed by atoms with Crippen molar-refractivity contribution in [2.24, 2.45) is 5.92 Å². The predicted octanol–water partition coefficient (Wildman–Crippen LogP) is 1.63. The molecule has 1 aliphatic heterocycles. The van der Waals surface area contributed by atoms with Crippen molar-refractivity contribution in [2.75, 3.05) is 37.0 Å². The summed E-state index contributed by atoms with van der Waals surface area (Å²) in [5.74, 6) is 1.21. The molecular weight excluding hydrogens is 358 g/mol. The van der Waals surface area contributed by atoms with E-state index in [9.17, 15) is 4.79 Å². The van der Waals surface area contributed by atoms with Gasteiger partial charge in [-0.2, -0.15) is 4.98 Å². The quantitative estimate of drug-likeness (QED) is 0.829. The number of carboxylic acids is 1. The van der Waals surface area contributed by atoms with Crippen molar-refractivity contribution in [3.05, 3.63) is 23.1 Å². The molecule has 2 aromatic rings. The lowest BCUT2D eigenvalue weighted by Gasteiger charge is -2.36. The van der Waals surface area contributed by atoms with Crippen molar-refractivity contribution in [1.82, 2.24) is 25.0 Å². The molecule has 0 aromatic carbocycles. The van der Waals surface area contributed by atoms with Crippen molar-refractivity contribution < 1.29 is 9.90 Å². The molecule has 1 aliphatic carbocycles. The van der Waals surface area contributed by atoms with Crippen molar-refractivity contribution in [1.29, 1.82) is 0 Å². The predicted molar refractivity (Wildman–Crippen MR) is 105 cm³/mol. The van der Waals surface area contributed by atoms with Crippen molar-refractivity contribution in [3.8, 4) is 0 Å². The van der Waals surface area contributed by atoms with Gasteiger partial charge in [-0.05, 0) is 44.4 Å². The van der Waals surface area contributed by atoms with Gasteiger partial charge in [0.2, 0.25) is 5.95 Å². The number of hydrogen-bond acceptors (Lipinski definition) is 7. The van der Waals surface area contributed by atoms with Gasteiger partial charge in [0.25, 0.3) is 0 Å². The summed E-state index contributed by atoms with van der Waals surface area (Å²) in [6, 6.07) is 0. The van der Waals surface area contributed by atoms with Crippen LogP contribution in [0.25, 0.3) is 0 Å². The number of anilines is 2. The van der Waals surface area contributed by atoms with Gasteiger partial charge >= 0.3 is 5.97 Å². The highest BCUT2D eigenvalue weighted by Gasteiger charge is 2.27. The van der Waals surface area contributed by atoms with Gasteiger partial charge in [0.05, 0.1) is 11.9 Å². The van der Waals surface area contributed by atoms with E-state index >= 15 is 0 Å². The molecule has 2 aliphatic rings. The molecule has 0 amide bonds. The van der Waals surface area contributed by atoms with Crippen LogP contribution in [-0.2, 0) is 19.4 Å². The lowest BCUT2D eigenvalue weighted by molar-refractivity contribution is 0.0690. The fourth-order valence-corrected chi connectivity index (χ4v) is 4.18. The number of aromatic nitrogens is 5. The summed E-state index contributed by atoms with van der Waals surface area (Å²) < 4.78 is 1.65. The van der Waals surface area contributed by atoms with Gasteiger partial charge in [-0.25, -0.2) is 9.78 Å². The Hall–Kier alpha value is -2.71. The minimum atomic E-state index is -1.04. The monoisotopic (exact) mass is 385 g/mol. The van der Waals surface area contributed by atoms with E-state index in [-0.39, 0.29) is 5.69 Å². The molecule has 4 rings (SSSR count). The summed E-state index contributed by atoms with van der Waals surface area (Å²) in [5, 5.41) is 16.7. The van der Waals surface area contributed by atoms with E-state index in [1.54, 1.807) is 4.68 Å². The molecular formula is C19H27N7O2. The zero-order chi connectivity index (χ0) is 19.7. The Balaban J connectivity index is 1.55. The molecule has 0 unspecified atom stereocenters. The molecule has 1 fully saturated rings. The van der Waals surface area contributed by atoms with Crippen LogP contribution in [0.5, 0.6) is 0 Å². The van der Waals surface area contributed by atoms with E-state index in [0.717, 1.165) is 50.5 Å². The third-order valence-electron chi connectivity index (χ3n) is 5.57. The molecule has 9 heteroatoms. The molecule has 9 nitrogen and oxygen atoms in total. The SMILES string of the molecule is CN(C)c1nc2c(c(N3CCC[C@H](Cn4cc(C(=O)O)nn4)C3)n1)CCCC2. The normalized spacial score (nSPS) is 19.4. The van der Waals surface area contributed by atoms with Crippen molar-refractivity contribution >= 4 is 17.7 Å². The zero-order valence-corrected chi connectivity index (χ0v) is 16.5. The summed E-state index contributed by atoms with van der Waals surface area (Å²) in [6.45, 7) is 2.55. The minimum Gasteiger partial charge on any atom is -0.476 e. The van der Waals surface area contributed by atoms with E-state index < -0.39 is 5.97 Å². The molecule has 28 heavy (non-hydrogen) atoms. The maximum absolute atomic E-state index is 11.0. The van der Waals surface area contributed by atoms with Crippen LogP contribution in [0.3, 0.4) is 0 Å². The molecule has 1 atom stereocenters. The highest BCUT2D eigenvalue weighted by atomic mass is 16.4. The van der Waals surface area contributed by atoms with Crippen LogP contribution in [0.15, 0.2) is 6.20 Å². The summed E-state index contributed by atoms with van der Waals surface area (Å²) in [7, 11) is 3.97. The average Bonchev–Trinajstić information content (AvgIpc) is 3.16. The van der Waals surface area contributed by atoms with Crippen molar-refractivity contribution in [3.63, 3.8) is 0 Å². The third kappa shape index (κ3) is 3.79. The number of piperidine rings is 1. The Morgan fingerprint density at radius 2 is 2.07 bits per heavy atom. The van der Waals surface area contributed by atoms with E-state index in [0.29, 0.717) is 12.5 Å². The number of fused-ring (bicyclic) bond motifs is 1. The topological polar surface area (TPSA) is 100 Å². The van der Waals surface area contributed by atoms with Crippen LogP contribution in [0, 0.1) is 5.92 Å². The molecule has 3 heterocycles. The molecule has 0 bridgehead atoms. The highest BCUT2D eigenvalue weighted by Crippen LogP contribution is 2.32. The van der Waals surface area contributed by atoms with Crippen LogP contribution in [0.2, 0.25) is 0 Å². The van der Waals surface area contributed by atoms with Crippen LogP contribution >= 0.6 is 0 Å². The molecule has 1 N–H and O–H groups in total. The minimum absolute atomic E-state index is 0.00633. The summed E-state index contributed by atoms with van der Waals surface area (Å²) in [5.41, 5.74) is 2.50. The van der Waals surface area contributed by atoms with Crippen LogP contribution in [0.1, 0.15) is 47.4 Å². The van der Waals surface area contributed by atoms with Crippen molar-refractivity contribution in [2.45, 2.75) is 45.1 Å². The third-order valence-corrected chi connectivity index (χ3v) is 5.57. The molecule has 2 aromatic heterocycles. The number of nitrogens with zero attached hydrogens (tertiary/aromatic N) is 7. The van der Waals surface area contributed by atoms with Crippen LogP contribution in [0.4, 0.5) is 11.8 Å². The Kier molecular flexibility index (Phi) is 5.15. The number of carbonyl (C=O) groups is 1. The molecule has 0 spiro atoms. The van der Waals surface area contributed by atoms with E-state index in [1.165, 1.54) is 30.3 Å². The average molecular weight is 385 g/mol. The second-order valence-electron chi connectivity index (χ2n) is 7.96. The first kappa shape index (κ1) is 18.6. The van der Waals surface area contributed by atoms with Gasteiger partial charge in [-0.15, -0.1) is 5.10 Å². The number of rotatable bonds is 5. The molecule has 0 radical (unpaired) electrons. The lowest BCUT2D eigenvalue weighted by Crippen LogP contribution is -2.39. The van der Waals surface area contributed by atoms with Gasteiger partial charge in [0.15, 0.2) is 5.69 Å². The summed E-state index contributed by atoms with van der Waals surface area (Å²) in [4.78, 5) is 25.1.